The molecule has 1 fully saturated rings. The Labute approximate surface area is 180 Å². The lowest BCUT2D eigenvalue weighted by atomic mass is 9.97. The lowest BCUT2D eigenvalue weighted by molar-refractivity contribution is 0.0671. The maximum atomic E-state index is 13.1. The first-order valence-electron chi connectivity index (χ1n) is 9.52. The molecule has 1 heterocycles. The topological polar surface area (TPSA) is 75.7 Å². The summed E-state index contributed by atoms with van der Waals surface area (Å²) in [5.41, 5.74) is 1.52. The number of nitrogens with one attached hydrogen (secondary N) is 1. The Kier molecular flexibility index (Phi) is 7.32. The first-order chi connectivity index (χ1) is 13.8. The minimum atomic E-state index is -3.23. The van der Waals surface area contributed by atoms with Crippen molar-refractivity contribution in [2.75, 3.05) is 25.9 Å². The number of piperidine rings is 1. The quantitative estimate of drug-likeness (QED) is 0.658. The van der Waals surface area contributed by atoms with Gasteiger partial charge >= 0.3 is 0 Å². The van der Waals surface area contributed by atoms with E-state index in [1.165, 1.54) is 0 Å². The van der Waals surface area contributed by atoms with Crippen molar-refractivity contribution in [2.45, 2.75) is 19.4 Å². The van der Waals surface area contributed by atoms with E-state index in [1.54, 1.807) is 17.0 Å². The van der Waals surface area contributed by atoms with Crippen molar-refractivity contribution in [3.63, 3.8) is 0 Å². The first kappa shape index (κ1) is 21.8. The highest BCUT2D eigenvalue weighted by Gasteiger charge is 2.26. The summed E-state index contributed by atoms with van der Waals surface area (Å²) in [6, 6.07) is 15.1. The molecule has 0 saturated carbocycles. The number of para-hydroxylation sites is 1. The monoisotopic (exact) mass is 480 g/mol. The van der Waals surface area contributed by atoms with Crippen LogP contribution in [0.4, 0.5) is 0 Å². The molecular weight excluding hydrogens is 456 g/mol. The highest BCUT2D eigenvalue weighted by molar-refractivity contribution is 9.10. The summed E-state index contributed by atoms with van der Waals surface area (Å²) < 4.78 is 32.2. The number of amides is 1. The maximum absolute atomic E-state index is 13.1. The van der Waals surface area contributed by atoms with Gasteiger partial charge in [0.15, 0.2) is 0 Å². The van der Waals surface area contributed by atoms with Crippen molar-refractivity contribution in [1.82, 2.24) is 9.62 Å². The van der Waals surface area contributed by atoms with Crippen LogP contribution in [0.5, 0.6) is 5.75 Å². The lowest BCUT2D eigenvalue weighted by Crippen LogP contribution is -2.43. The average Bonchev–Trinajstić information content (AvgIpc) is 2.71. The van der Waals surface area contributed by atoms with Gasteiger partial charge in [-0.1, -0.05) is 46.3 Å². The van der Waals surface area contributed by atoms with Crippen LogP contribution in [-0.4, -0.2) is 45.1 Å². The fourth-order valence-corrected chi connectivity index (χ4v) is 4.33. The normalized spacial score (nSPS) is 17.2. The number of sulfonamides is 1. The first-order valence-corrected chi connectivity index (χ1v) is 12.2. The third-order valence-corrected chi connectivity index (χ3v) is 6.36. The molecule has 1 atom stereocenters. The molecule has 1 saturated heterocycles. The van der Waals surface area contributed by atoms with E-state index < -0.39 is 10.0 Å². The molecule has 3 rings (SSSR count). The molecule has 6 nitrogen and oxygen atoms in total. The molecule has 8 heteroatoms. The van der Waals surface area contributed by atoms with E-state index in [1.807, 2.05) is 36.4 Å². The summed E-state index contributed by atoms with van der Waals surface area (Å²) in [5, 5.41) is 0. The second-order valence-corrected chi connectivity index (χ2v) is 9.94. The van der Waals surface area contributed by atoms with E-state index in [2.05, 4.69) is 20.7 Å². The summed E-state index contributed by atoms with van der Waals surface area (Å²) in [4.78, 5) is 14.9. The molecule has 0 spiro atoms. The van der Waals surface area contributed by atoms with Crippen LogP contribution >= 0.6 is 15.9 Å². The zero-order chi connectivity index (χ0) is 20.9. The van der Waals surface area contributed by atoms with Crippen LogP contribution in [0.15, 0.2) is 53.0 Å². The molecule has 0 aromatic heterocycles. The predicted octanol–water partition coefficient (Wildman–Crippen LogP) is 3.43. The summed E-state index contributed by atoms with van der Waals surface area (Å²) in [7, 11) is -3.23. The smallest absolute Gasteiger partial charge is 0.257 e. The zero-order valence-electron chi connectivity index (χ0n) is 16.3. The largest absolute Gasteiger partial charge is 0.488 e. The third-order valence-electron chi connectivity index (χ3n) is 4.90. The highest BCUT2D eigenvalue weighted by atomic mass is 79.9. The average molecular weight is 481 g/mol. The summed E-state index contributed by atoms with van der Waals surface area (Å²) >= 11 is 3.51. The standard InChI is InChI=1S/C21H25BrN2O4S/c1-29(26,27)23-13-16-7-6-12-24(14-16)21(25)18-9-3-5-11-20(18)28-15-17-8-2-4-10-19(17)22/h2-5,8-11,16,23H,6-7,12-15H2,1H3. The van der Waals surface area contributed by atoms with Gasteiger partial charge in [-0.3, -0.25) is 4.79 Å². The number of carbonyl (C=O) groups excluding carboxylic acids is 1. The molecule has 1 aliphatic rings. The second kappa shape index (κ2) is 9.73. The molecule has 1 N–H and O–H groups in total. The van der Waals surface area contributed by atoms with Gasteiger partial charge in [0, 0.05) is 29.7 Å². The van der Waals surface area contributed by atoms with Gasteiger partial charge in [0.2, 0.25) is 10.0 Å². The van der Waals surface area contributed by atoms with Gasteiger partial charge in [0.1, 0.15) is 12.4 Å². The number of rotatable bonds is 7. The Hall–Kier alpha value is -1.90. The van der Waals surface area contributed by atoms with Gasteiger partial charge in [0.05, 0.1) is 11.8 Å². The Balaban J connectivity index is 1.68. The molecule has 29 heavy (non-hydrogen) atoms. The minimum Gasteiger partial charge on any atom is -0.488 e. The fourth-order valence-electron chi connectivity index (χ4n) is 3.40. The van der Waals surface area contributed by atoms with Crippen LogP contribution in [0.1, 0.15) is 28.8 Å². The predicted molar refractivity (Wildman–Crippen MR) is 116 cm³/mol. The van der Waals surface area contributed by atoms with Crippen molar-refractivity contribution in [1.29, 1.82) is 0 Å². The van der Waals surface area contributed by atoms with E-state index >= 15 is 0 Å². The van der Waals surface area contributed by atoms with Crippen molar-refractivity contribution >= 4 is 31.9 Å². The van der Waals surface area contributed by atoms with Crippen molar-refractivity contribution in [3.8, 4) is 5.75 Å². The summed E-state index contributed by atoms with van der Waals surface area (Å²) in [5.74, 6) is 0.567. The van der Waals surface area contributed by atoms with Crippen LogP contribution in [0.2, 0.25) is 0 Å². The van der Waals surface area contributed by atoms with Gasteiger partial charge in [-0.25, -0.2) is 13.1 Å². The van der Waals surface area contributed by atoms with Crippen molar-refractivity contribution in [3.05, 3.63) is 64.1 Å². The number of nitrogens with zero attached hydrogens (tertiary/aromatic N) is 1. The van der Waals surface area contributed by atoms with Crippen molar-refractivity contribution < 1.29 is 17.9 Å². The molecule has 1 unspecified atom stereocenters. The highest BCUT2D eigenvalue weighted by Crippen LogP contribution is 2.25. The van der Waals surface area contributed by atoms with E-state index in [0.717, 1.165) is 29.1 Å². The number of likely N-dealkylation sites (tertiary alicyclic amines) is 1. The van der Waals surface area contributed by atoms with Crippen LogP contribution < -0.4 is 9.46 Å². The second-order valence-electron chi connectivity index (χ2n) is 7.26. The van der Waals surface area contributed by atoms with Crippen molar-refractivity contribution in [2.24, 2.45) is 5.92 Å². The molecule has 2 aromatic rings. The Morgan fingerprint density at radius 2 is 1.93 bits per heavy atom. The maximum Gasteiger partial charge on any atom is 0.257 e. The van der Waals surface area contributed by atoms with E-state index in [4.69, 9.17) is 4.74 Å². The molecule has 0 aliphatic carbocycles. The van der Waals surface area contributed by atoms with E-state index in [-0.39, 0.29) is 11.8 Å². The number of hydrogen-bond acceptors (Lipinski definition) is 4. The third kappa shape index (κ3) is 6.29. The Morgan fingerprint density at radius 1 is 1.21 bits per heavy atom. The Bertz CT molecular complexity index is 965. The lowest BCUT2D eigenvalue weighted by Gasteiger charge is -2.33. The summed E-state index contributed by atoms with van der Waals surface area (Å²) in [6.07, 6.45) is 2.89. The molecule has 0 radical (unpaired) electrons. The van der Waals surface area contributed by atoms with Gasteiger partial charge in [-0.05, 0) is 37.0 Å². The molecule has 0 bridgehead atoms. The van der Waals surface area contributed by atoms with Gasteiger partial charge in [-0.2, -0.15) is 0 Å². The van der Waals surface area contributed by atoms with Crippen LogP contribution in [0.25, 0.3) is 0 Å². The SMILES string of the molecule is CS(=O)(=O)NCC1CCCN(C(=O)c2ccccc2OCc2ccccc2Br)C1. The van der Waals surface area contributed by atoms with Crippen LogP contribution in [0.3, 0.4) is 0 Å². The fraction of sp³-hybridized carbons (Fsp3) is 0.381. The van der Waals surface area contributed by atoms with E-state index in [0.29, 0.717) is 37.6 Å². The number of halogens is 1. The number of benzene rings is 2. The number of hydrogen-bond donors (Lipinski definition) is 1. The molecule has 2 aromatic carbocycles. The van der Waals surface area contributed by atoms with Crippen LogP contribution in [-0.2, 0) is 16.6 Å². The van der Waals surface area contributed by atoms with E-state index in [9.17, 15) is 13.2 Å². The zero-order valence-corrected chi connectivity index (χ0v) is 18.7. The Morgan fingerprint density at radius 3 is 2.69 bits per heavy atom. The number of carbonyl (C=O) groups is 1. The van der Waals surface area contributed by atoms with Gasteiger partial charge in [-0.15, -0.1) is 0 Å². The van der Waals surface area contributed by atoms with Gasteiger partial charge in [0.25, 0.3) is 5.91 Å². The minimum absolute atomic E-state index is 0.0863. The summed E-state index contributed by atoms with van der Waals surface area (Å²) in [6.45, 7) is 1.89. The molecule has 1 aliphatic heterocycles. The molecule has 156 valence electrons. The number of ether oxygens (including phenoxy) is 1. The molecular formula is C21H25BrN2O4S. The van der Waals surface area contributed by atoms with Gasteiger partial charge < -0.3 is 9.64 Å². The molecule has 1 amide bonds. The van der Waals surface area contributed by atoms with Crippen LogP contribution in [0, 0.1) is 5.92 Å².